The number of hydrogen-bond acceptors (Lipinski definition) is 8. The SMILES string of the molecule is CC(=O)Oc1ccc(OCCOc2cc(C)ccc2[N+](=O)[O-])c([N+](=O)[O-])c1. The Morgan fingerprint density at radius 1 is 0.926 bits per heavy atom. The molecule has 2 aromatic rings. The highest BCUT2D eigenvalue weighted by molar-refractivity contribution is 5.70. The van der Waals surface area contributed by atoms with Crippen molar-refractivity contribution in [2.24, 2.45) is 0 Å². The summed E-state index contributed by atoms with van der Waals surface area (Å²) < 4.78 is 15.5. The number of hydrogen-bond donors (Lipinski definition) is 0. The van der Waals surface area contributed by atoms with E-state index in [4.69, 9.17) is 14.2 Å². The molecule has 0 amide bonds. The van der Waals surface area contributed by atoms with Gasteiger partial charge in [-0.3, -0.25) is 25.0 Å². The first-order chi connectivity index (χ1) is 12.8. The van der Waals surface area contributed by atoms with Gasteiger partial charge in [0, 0.05) is 13.0 Å². The van der Waals surface area contributed by atoms with E-state index in [-0.39, 0.29) is 41.8 Å². The molecule has 0 saturated carbocycles. The third-order valence-corrected chi connectivity index (χ3v) is 3.30. The van der Waals surface area contributed by atoms with Gasteiger partial charge in [0.1, 0.15) is 19.0 Å². The molecule has 2 aromatic carbocycles. The van der Waals surface area contributed by atoms with Crippen molar-refractivity contribution in [2.45, 2.75) is 13.8 Å². The molecule has 0 aliphatic heterocycles. The Morgan fingerprint density at radius 3 is 2.15 bits per heavy atom. The van der Waals surface area contributed by atoms with Gasteiger partial charge in [0.25, 0.3) is 0 Å². The largest absolute Gasteiger partial charge is 0.483 e. The van der Waals surface area contributed by atoms with Crippen LogP contribution < -0.4 is 14.2 Å². The molecule has 27 heavy (non-hydrogen) atoms. The molecule has 0 N–H and O–H groups in total. The van der Waals surface area contributed by atoms with Crippen molar-refractivity contribution in [1.29, 1.82) is 0 Å². The lowest BCUT2D eigenvalue weighted by molar-refractivity contribution is -0.386. The number of ether oxygens (including phenoxy) is 3. The van der Waals surface area contributed by atoms with E-state index in [0.717, 1.165) is 11.6 Å². The standard InChI is InChI=1S/C17H16N2O8/c1-11-3-5-14(18(21)22)17(9-11)26-8-7-25-16-6-4-13(27-12(2)20)10-15(16)19(23)24/h3-6,9-10H,7-8H2,1-2H3. The highest BCUT2D eigenvalue weighted by Crippen LogP contribution is 2.31. The number of carbonyl (C=O) groups is 1. The van der Waals surface area contributed by atoms with Crippen molar-refractivity contribution in [2.75, 3.05) is 13.2 Å². The molecule has 0 aromatic heterocycles. The van der Waals surface area contributed by atoms with E-state index in [2.05, 4.69) is 0 Å². The number of nitro groups is 2. The number of esters is 1. The Labute approximate surface area is 153 Å². The summed E-state index contributed by atoms with van der Waals surface area (Å²) >= 11 is 0. The highest BCUT2D eigenvalue weighted by Gasteiger charge is 2.18. The summed E-state index contributed by atoms with van der Waals surface area (Å²) in [6, 6.07) is 8.18. The van der Waals surface area contributed by atoms with Gasteiger partial charge in [0.2, 0.25) is 0 Å². The zero-order valence-electron chi connectivity index (χ0n) is 14.5. The van der Waals surface area contributed by atoms with E-state index < -0.39 is 15.8 Å². The Morgan fingerprint density at radius 2 is 1.56 bits per heavy atom. The van der Waals surface area contributed by atoms with Crippen LogP contribution in [0.1, 0.15) is 12.5 Å². The maximum absolute atomic E-state index is 11.1. The second-order valence-electron chi connectivity index (χ2n) is 5.41. The number of carbonyl (C=O) groups excluding carboxylic acids is 1. The third-order valence-electron chi connectivity index (χ3n) is 3.30. The van der Waals surface area contributed by atoms with Gasteiger partial charge < -0.3 is 14.2 Å². The van der Waals surface area contributed by atoms with Crippen LogP contribution in [0.4, 0.5) is 11.4 Å². The van der Waals surface area contributed by atoms with Crippen LogP contribution in [0.3, 0.4) is 0 Å². The van der Waals surface area contributed by atoms with Crippen LogP contribution in [-0.4, -0.2) is 29.0 Å². The van der Waals surface area contributed by atoms with E-state index >= 15 is 0 Å². The van der Waals surface area contributed by atoms with Gasteiger partial charge >= 0.3 is 17.3 Å². The Bertz CT molecular complexity index is 881. The molecule has 2 rings (SSSR count). The summed E-state index contributed by atoms with van der Waals surface area (Å²) in [6.07, 6.45) is 0. The monoisotopic (exact) mass is 376 g/mol. The second kappa shape index (κ2) is 8.61. The second-order valence-corrected chi connectivity index (χ2v) is 5.41. The maximum atomic E-state index is 11.1. The van der Waals surface area contributed by atoms with Crippen molar-refractivity contribution in [3.05, 3.63) is 62.2 Å². The molecule has 0 atom stereocenters. The number of benzene rings is 2. The summed E-state index contributed by atoms with van der Waals surface area (Å²) in [5.74, 6) is -0.541. The third kappa shape index (κ3) is 5.39. The lowest BCUT2D eigenvalue weighted by atomic mass is 10.2. The molecule has 0 radical (unpaired) electrons. The van der Waals surface area contributed by atoms with E-state index in [1.165, 1.54) is 31.2 Å². The van der Waals surface area contributed by atoms with Crippen molar-refractivity contribution in [3.63, 3.8) is 0 Å². The molecule has 0 fully saturated rings. The molecule has 0 spiro atoms. The highest BCUT2D eigenvalue weighted by atomic mass is 16.6. The molecule has 142 valence electrons. The van der Waals surface area contributed by atoms with Crippen molar-refractivity contribution >= 4 is 17.3 Å². The average molecular weight is 376 g/mol. The maximum Gasteiger partial charge on any atom is 0.314 e. The predicted octanol–water partition coefficient (Wildman–Crippen LogP) is 3.19. The minimum absolute atomic E-state index is 0.0215. The van der Waals surface area contributed by atoms with Crippen LogP contribution in [-0.2, 0) is 4.79 Å². The quantitative estimate of drug-likeness (QED) is 0.226. The van der Waals surface area contributed by atoms with E-state index in [1.807, 2.05) is 0 Å². The predicted molar refractivity (Wildman–Crippen MR) is 93.2 cm³/mol. The summed E-state index contributed by atoms with van der Waals surface area (Å²) in [6.45, 7) is 2.80. The molecule has 0 aliphatic carbocycles. The molecule has 0 heterocycles. The number of aryl methyl sites for hydroxylation is 1. The smallest absolute Gasteiger partial charge is 0.314 e. The molecule has 10 nitrogen and oxygen atoms in total. The fraction of sp³-hybridized carbons (Fsp3) is 0.235. The van der Waals surface area contributed by atoms with Crippen LogP contribution in [0.15, 0.2) is 36.4 Å². The van der Waals surface area contributed by atoms with Crippen LogP contribution in [0.2, 0.25) is 0 Å². The van der Waals surface area contributed by atoms with Gasteiger partial charge in [0.15, 0.2) is 11.5 Å². The molecular formula is C17H16N2O8. The zero-order chi connectivity index (χ0) is 20.0. The fourth-order valence-corrected chi connectivity index (χ4v) is 2.18. The van der Waals surface area contributed by atoms with E-state index in [9.17, 15) is 25.0 Å². The number of rotatable bonds is 8. The first kappa shape index (κ1) is 19.6. The van der Waals surface area contributed by atoms with Gasteiger partial charge in [-0.25, -0.2) is 0 Å². The molecule has 10 heteroatoms. The van der Waals surface area contributed by atoms with Crippen molar-refractivity contribution < 1.29 is 28.9 Å². The van der Waals surface area contributed by atoms with Crippen LogP contribution in [0, 0.1) is 27.2 Å². The van der Waals surface area contributed by atoms with E-state index in [1.54, 1.807) is 13.0 Å². The van der Waals surface area contributed by atoms with E-state index in [0.29, 0.717) is 0 Å². The average Bonchev–Trinajstić information content (AvgIpc) is 2.58. The summed E-state index contributed by atoms with van der Waals surface area (Å²) in [4.78, 5) is 31.9. The number of nitrogens with zero attached hydrogens (tertiary/aromatic N) is 2. The fourth-order valence-electron chi connectivity index (χ4n) is 2.18. The van der Waals surface area contributed by atoms with Gasteiger partial charge in [-0.2, -0.15) is 0 Å². The molecular weight excluding hydrogens is 360 g/mol. The Balaban J connectivity index is 2.03. The van der Waals surface area contributed by atoms with Gasteiger partial charge in [-0.1, -0.05) is 6.07 Å². The molecule has 0 unspecified atom stereocenters. The minimum atomic E-state index is -0.672. The molecule has 0 bridgehead atoms. The van der Waals surface area contributed by atoms with Gasteiger partial charge in [0.05, 0.1) is 15.9 Å². The first-order valence-electron chi connectivity index (χ1n) is 7.75. The minimum Gasteiger partial charge on any atom is -0.483 e. The normalized spacial score (nSPS) is 10.1. The van der Waals surface area contributed by atoms with Crippen LogP contribution in [0.25, 0.3) is 0 Å². The molecule has 0 aliphatic rings. The Kier molecular flexibility index (Phi) is 6.26. The van der Waals surface area contributed by atoms with Crippen LogP contribution >= 0.6 is 0 Å². The summed E-state index contributed by atoms with van der Waals surface area (Å²) in [5, 5.41) is 22.1. The number of nitro benzene ring substituents is 2. The van der Waals surface area contributed by atoms with Gasteiger partial charge in [-0.05, 0) is 30.7 Å². The van der Waals surface area contributed by atoms with Gasteiger partial charge in [-0.15, -0.1) is 0 Å². The zero-order valence-corrected chi connectivity index (χ0v) is 14.5. The molecule has 0 saturated heterocycles. The Hall–Kier alpha value is -3.69. The summed E-state index contributed by atoms with van der Waals surface area (Å²) in [5.41, 5.74) is 0.223. The lowest BCUT2D eigenvalue weighted by Crippen LogP contribution is -2.11. The lowest BCUT2D eigenvalue weighted by Gasteiger charge is -2.10. The first-order valence-corrected chi connectivity index (χ1v) is 7.75. The van der Waals surface area contributed by atoms with Crippen molar-refractivity contribution in [1.82, 2.24) is 0 Å². The van der Waals surface area contributed by atoms with Crippen molar-refractivity contribution in [3.8, 4) is 17.2 Å². The summed E-state index contributed by atoms with van der Waals surface area (Å²) in [7, 11) is 0. The van der Waals surface area contributed by atoms with Crippen LogP contribution in [0.5, 0.6) is 17.2 Å². The topological polar surface area (TPSA) is 131 Å².